The lowest BCUT2D eigenvalue weighted by Gasteiger charge is -2.27. The van der Waals surface area contributed by atoms with E-state index in [0.29, 0.717) is 12.0 Å². The molecule has 7 heteroatoms. The molecular weight excluding hydrogens is 400 g/mol. The highest BCUT2D eigenvalue weighted by molar-refractivity contribution is 5.72. The normalized spacial score (nSPS) is 19.0. The first kappa shape index (κ1) is 24.4. The highest BCUT2D eigenvalue weighted by Crippen LogP contribution is 2.29. The highest BCUT2D eigenvalue weighted by atomic mass is 16.3. The Bertz CT molecular complexity index is 825. The minimum Gasteiger partial charge on any atom is -0.393 e. The summed E-state index contributed by atoms with van der Waals surface area (Å²) in [7, 11) is 0. The van der Waals surface area contributed by atoms with Gasteiger partial charge >= 0.3 is 0 Å². The number of anilines is 2. The summed E-state index contributed by atoms with van der Waals surface area (Å²) >= 11 is 0. The van der Waals surface area contributed by atoms with Gasteiger partial charge in [0.25, 0.3) is 0 Å². The van der Waals surface area contributed by atoms with Crippen LogP contribution in [0.5, 0.6) is 0 Å². The van der Waals surface area contributed by atoms with Crippen LogP contribution in [0.15, 0.2) is 24.5 Å². The summed E-state index contributed by atoms with van der Waals surface area (Å²) in [6, 6.07) is 4.47. The molecule has 4 N–H and O–H groups in total. The molecule has 1 aliphatic carbocycles. The van der Waals surface area contributed by atoms with Gasteiger partial charge < -0.3 is 21.1 Å². The summed E-state index contributed by atoms with van der Waals surface area (Å²) < 4.78 is 0. The first-order chi connectivity index (χ1) is 15.3. The molecule has 2 aromatic rings. The summed E-state index contributed by atoms with van der Waals surface area (Å²) in [6.45, 7) is 11.5. The first-order valence-corrected chi connectivity index (χ1v) is 12.1. The van der Waals surface area contributed by atoms with Crippen molar-refractivity contribution in [1.82, 2.24) is 20.3 Å². The lowest BCUT2D eigenvalue weighted by atomic mass is 9.93. The molecule has 32 heavy (non-hydrogen) atoms. The summed E-state index contributed by atoms with van der Waals surface area (Å²) in [5.41, 5.74) is 3.19. The minimum absolute atomic E-state index is 0.176. The Balaban J connectivity index is 1.74. The van der Waals surface area contributed by atoms with E-state index in [9.17, 15) is 5.11 Å². The fraction of sp³-hybridized carbons (Fsp3) is 0.640. The van der Waals surface area contributed by atoms with Crippen molar-refractivity contribution < 1.29 is 5.11 Å². The Labute approximate surface area is 192 Å². The van der Waals surface area contributed by atoms with Gasteiger partial charge in [0.15, 0.2) is 0 Å². The van der Waals surface area contributed by atoms with Gasteiger partial charge in [0.1, 0.15) is 5.82 Å². The molecule has 0 bridgehead atoms. The molecule has 2 heterocycles. The number of rotatable bonds is 10. The molecule has 2 aromatic heterocycles. The van der Waals surface area contributed by atoms with Crippen LogP contribution < -0.4 is 16.0 Å². The Morgan fingerprint density at radius 2 is 1.84 bits per heavy atom. The van der Waals surface area contributed by atoms with E-state index in [2.05, 4.69) is 54.7 Å². The van der Waals surface area contributed by atoms with Gasteiger partial charge in [-0.2, -0.15) is 4.98 Å². The number of pyridine rings is 1. The second kappa shape index (κ2) is 11.6. The number of unbranched alkanes of at least 4 members (excludes halogenated alkanes) is 1. The summed E-state index contributed by atoms with van der Waals surface area (Å²) in [4.78, 5) is 14.0. The van der Waals surface area contributed by atoms with Crippen molar-refractivity contribution in [1.29, 1.82) is 0 Å². The Morgan fingerprint density at radius 3 is 2.50 bits per heavy atom. The summed E-state index contributed by atoms with van der Waals surface area (Å²) in [5, 5.41) is 20.3. The van der Waals surface area contributed by atoms with Gasteiger partial charge in [0, 0.05) is 38.1 Å². The van der Waals surface area contributed by atoms with Crippen molar-refractivity contribution in [3.05, 3.63) is 30.1 Å². The number of aliphatic hydroxyl groups excluding tert-OH is 1. The van der Waals surface area contributed by atoms with E-state index in [4.69, 9.17) is 9.97 Å². The predicted octanol–water partition coefficient (Wildman–Crippen LogP) is 4.60. The number of hydrogen-bond donors (Lipinski definition) is 4. The molecule has 1 aliphatic rings. The van der Waals surface area contributed by atoms with Crippen molar-refractivity contribution in [2.75, 3.05) is 23.7 Å². The van der Waals surface area contributed by atoms with Crippen LogP contribution in [0.4, 0.5) is 11.8 Å². The molecule has 1 saturated carbocycles. The third-order valence-electron chi connectivity index (χ3n) is 5.72. The van der Waals surface area contributed by atoms with Gasteiger partial charge in [-0.25, -0.2) is 4.98 Å². The van der Waals surface area contributed by atoms with Crippen LogP contribution in [0.25, 0.3) is 11.3 Å². The molecule has 1 fully saturated rings. The Kier molecular flexibility index (Phi) is 8.82. The average Bonchev–Trinajstić information content (AvgIpc) is 2.76. The van der Waals surface area contributed by atoms with Gasteiger partial charge in [-0.15, -0.1) is 0 Å². The van der Waals surface area contributed by atoms with E-state index in [1.54, 1.807) is 0 Å². The lowest BCUT2D eigenvalue weighted by molar-refractivity contribution is 0.126. The van der Waals surface area contributed by atoms with Crippen LogP contribution in [0.3, 0.4) is 0 Å². The van der Waals surface area contributed by atoms with Gasteiger partial charge in [0.05, 0.1) is 17.4 Å². The molecule has 0 aliphatic heterocycles. The van der Waals surface area contributed by atoms with Crippen LogP contribution in [-0.4, -0.2) is 45.3 Å². The fourth-order valence-electron chi connectivity index (χ4n) is 3.83. The van der Waals surface area contributed by atoms with E-state index in [-0.39, 0.29) is 11.5 Å². The molecule has 7 nitrogen and oxygen atoms in total. The summed E-state index contributed by atoms with van der Waals surface area (Å²) in [6.07, 6.45) is 9.36. The average molecular weight is 441 g/mol. The van der Waals surface area contributed by atoms with Gasteiger partial charge in [-0.05, 0) is 49.1 Å². The van der Waals surface area contributed by atoms with Crippen LogP contribution >= 0.6 is 0 Å². The zero-order valence-electron chi connectivity index (χ0n) is 20.1. The molecular formula is C25H40N6O. The molecule has 0 unspecified atom stereocenters. The van der Waals surface area contributed by atoms with Crippen LogP contribution in [0.2, 0.25) is 0 Å². The molecule has 176 valence electrons. The SMILES string of the molecule is CCCCNc1ncc(-c2ccc(CNCC(C)(C)C)cn2)c(NC2CCC(O)CC2)n1. The monoisotopic (exact) mass is 440 g/mol. The number of aliphatic hydroxyl groups is 1. The smallest absolute Gasteiger partial charge is 0.224 e. The molecule has 0 amide bonds. The maximum Gasteiger partial charge on any atom is 0.224 e. The van der Waals surface area contributed by atoms with Gasteiger partial charge in [0.2, 0.25) is 5.95 Å². The van der Waals surface area contributed by atoms with Crippen molar-refractivity contribution in [3.8, 4) is 11.3 Å². The topological polar surface area (TPSA) is 95.0 Å². The van der Waals surface area contributed by atoms with Crippen LogP contribution in [0.1, 0.15) is 71.8 Å². The fourth-order valence-corrected chi connectivity index (χ4v) is 3.83. The van der Waals surface area contributed by atoms with Crippen LogP contribution in [-0.2, 0) is 6.54 Å². The third kappa shape index (κ3) is 7.71. The molecule has 3 rings (SSSR count). The molecule has 0 aromatic carbocycles. The predicted molar refractivity (Wildman–Crippen MR) is 132 cm³/mol. The zero-order valence-corrected chi connectivity index (χ0v) is 20.1. The molecule has 0 atom stereocenters. The van der Waals surface area contributed by atoms with E-state index in [0.717, 1.165) is 80.8 Å². The number of nitrogens with zero attached hydrogens (tertiary/aromatic N) is 3. The van der Waals surface area contributed by atoms with Gasteiger partial charge in [-0.3, -0.25) is 4.98 Å². The quantitative estimate of drug-likeness (QED) is 0.401. The molecule has 0 saturated heterocycles. The van der Waals surface area contributed by atoms with E-state index >= 15 is 0 Å². The third-order valence-corrected chi connectivity index (χ3v) is 5.72. The van der Waals surface area contributed by atoms with Crippen molar-refractivity contribution >= 4 is 11.8 Å². The van der Waals surface area contributed by atoms with Crippen LogP contribution in [0, 0.1) is 5.41 Å². The van der Waals surface area contributed by atoms with Crippen molar-refractivity contribution in [3.63, 3.8) is 0 Å². The van der Waals surface area contributed by atoms with E-state index < -0.39 is 0 Å². The second-order valence-corrected chi connectivity index (χ2v) is 10.1. The van der Waals surface area contributed by atoms with Crippen molar-refractivity contribution in [2.45, 2.75) is 84.9 Å². The number of nitrogens with one attached hydrogen (secondary N) is 3. The minimum atomic E-state index is -0.176. The second-order valence-electron chi connectivity index (χ2n) is 10.1. The lowest BCUT2D eigenvalue weighted by Crippen LogP contribution is -2.29. The number of hydrogen-bond acceptors (Lipinski definition) is 7. The number of aromatic nitrogens is 3. The van der Waals surface area contributed by atoms with Gasteiger partial charge in [-0.1, -0.05) is 40.2 Å². The first-order valence-electron chi connectivity index (χ1n) is 12.1. The standard InChI is InChI=1S/C25H40N6O/c1-5-6-13-27-24-29-16-21(23(31-24)30-19-8-10-20(32)11-9-19)22-12-7-18(15-28-22)14-26-17-25(2,3)4/h7,12,15-16,19-20,26,32H,5-6,8-11,13-14,17H2,1-4H3,(H2,27,29,30,31). The highest BCUT2D eigenvalue weighted by Gasteiger charge is 2.21. The maximum atomic E-state index is 9.84. The van der Waals surface area contributed by atoms with E-state index in [1.165, 1.54) is 0 Å². The maximum absolute atomic E-state index is 9.84. The van der Waals surface area contributed by atoms with Crippen molar-refractivity contribution in [2.24, 2.45) is 5.41 Å². The Morgan fingerprint density at radius 1 is 1.06 bits per heavy atom. The molecule has 0 spiro atoms. The summed E-state index contributed by atoms with van der Waals surface area (Å²) in [5.74, 6) is 1.45. The zero-order chi connectivity index (χ0) is 23.0. The van der Waals surface area contributed by atoms with E-state index in [1.807, 2.05) is 18.5 Å². The Hall–Kier alpha value is -2.25. The molecule has 0 radical (unpaired) electrons. The largest absolute Gasteiger partial charge is 0.393 e.